The van der Waals surface area contributed by atoms with Crippen LogP contribution in [0, 0.1) is 0 Å². The van der Waals surface area contributed by atoms with Gasteiger partial charge < -0.3 is 34.1 Å². The third kappa shape index (κ3) is 7.57. The van der Waals surface area contributed by atoms with Gasteiger partial charge in [-0.05, 0) is 76.0 Å². The molecule has 3 aromatic rings. The number of methoxy groups -OCH3 is 3. The fraction of sp³-hybridized carbons (Fsp3) is 0.531. The highest BCUT2D eigenvalue weighted by molar-refractivity contribution is 6.35. The van der Waals surface area contributed by atoms with E-state index in [0.29, 0.717) is 65.8 Å². The Hall–Kier alpha value is -3.54. The average molecular weight is 628 g/mol. The SMILES string of the molecule is COc1cc(C(=O)O[C@@H]2CCCn3ncc4c(Cl)cc(cc43)C(=O)NCCCN3CCCN(CC2)CC3)cc(OC)c1OC. The maximum Gasteiger partial charge on any atom is 0.338 e. The first kappa shape index (κ1) is 31.9. The molecule has 0 radical (unpaired) electrons. The Balaban J connectivity index is 1.37. The lowest BCUT2D eigenvalue weighted by atomic mass is 10.1. The van der Waals surface area contributed by atoms with Gasteiger partial charge in [0.05, 0.1) is 43.6 Å². The van der Waals surface area contributed by atoms with Crippen LogP contribution >= 0.6 is 11.6 Å². The smallest absolute Gasteiger partial charge is 0.338 e. The number of carbonyl (C=O) groups is 2. The second-order valence-electron chi connectivity index (χ2n) is 11.3. The first-order valence-corrected chi connectivity index (χ1v) is 15.7. The number of hydrogen-bond acceptors (Lipinski definition) is 9. The number of carbonyl (C=O) groups excluding carboxylic acids is 2. The molecule has 0 aliphatic carbocycles. The zero-order chi connectivity index (χ0) is 31.1. The number of esters is 1. The van der Waals surface area contributed by atoms with Crippen molar-refractivity contribution < 1.29 is 28.5 Å². The quantitative estimate of drug-likeness (QED) is 0.415. The minimum absolute atomic E-state index is 0.139. The molecule has 3 atom stereocenters. The van der Waals surface area contributed by atoms with E-state index in [1.165, 1.54) is 21.3 Å². The number of fused-ring (bicyclic) bond motifs is 4. The van der Waals surface area contributed by atoms with Crippen LogP contribution in [0.4, 0.5) is 0 Å². The molecule has 11 nitrogen and oxygen atoms in total. The van der Waals surface area contributed by atoms with Crippen LogP contribution in [0.2, 0.25) is 5.02 Å². The van der Waals surface area contributed by atoms with E-state index in [1.54, 1.807) is 24.4 Å². The van der Waals surface area contributed by atoms with Gasteiger partial charge in [-0.2, -0.15) is 5.10 Å². The summed E-state index contributed by atoms with van der Waals surface area (Å²) in [6, 6.07) is 6.78. The highest BCUT2D eigenvalue weighted by atomic mass is 35.5. The van der Waals surface area contributed by atoms with Crippen molar-refractivity contribution in [2.45, 2.75) is 44.8 Å². The molecule has 3 heterocycles. The highest BCUT2D eigenvalue weighted by Crippen LogP contribution is 2.38. The van der Waals surface area contributed by atoms with Crippen molar-refractivity contribution in [3.05, 3.63) is 46.6 Å². The van der Waals surface area contributed by atoms with Gasteiger partial charge in [-0.15, -0.1) is 0 Å². The van der Waals surface area contributed by atoms with Crippen LogP contribution in [-0.2, 0) is 11.3 Å². The molecule has 1 saturated heterocycles. The fourth-order valence-electron chi connectivity index (χ4n) is 6.00. The van der Waals surface area contributed by atoms with Crippen molar-refractivity contribution in [2.75, 3.05) is 67.1 Å². The van der Waals surface area contributed by atoms with Crippen LogP contribution < -0.4 is 19.5 Å². The van der Waals surface area contributed by atoms with Gasteiger partial charge in [-0.25, -0.2) is 4.79 Å². The van der Waals surface area contributed by atoms with E-state index in [1.807, 2.05) is 10.7 Å². The summed E-state index contributed by atoms with van der Waals surface area (Å²) in [6.07, 6.45) is 5.44. The normalized spacial score (nSPS) is 21.9. The minimum Gasteiger partial charge on any atom is -0.493 e. The Morgan fingerprint density at radius 1 is 0.864 bits per heavy atom. The highest BCUT2D eigenvalue weighted by Gasteiger charge is 2.23. The third-order valence-corrected chi connectivity index (χ3v) is 8.74. The molecular weight excluding hydrogens is 586 g/mol. The topological polar surface area (TPSA) is 107 Å². The van der Waals surface area contributed by atoms with Crippen molar-refractivity contribution in [2.24, 2.45) is 0 Å². The summed E-state index contributed by atoms with van der Waals surface area (Å²) in [5.41, 5.74) is 1.65. The Morgan fingerprint density at radius 3 is 2.27 bits per heavy atom. The number of benzene rings is 2. The second kappa shape index (κ2) is 15.0. The Kier molecular flexibility index (Phi) is 10.8. The number of aromatic nitrogens is 2. The van der Waals surface area contributed by atoms with Gasteiger partial charge in [-0.1, -0.05) is 11.6 Å². The van der Waals surface area contributed by atoms with Gasteiger partial charge in [0.15, 0.2) is 11.5 Å². The minimum atomic E-state index is -0.443. The molecule has 2 aromatic carbocycles. The van der Waals surface area contributed by atoms with E-state index in [-0.39, 0.29) is 12.0 Å². The number of halogens is 1. The largest absolute Gasteiger partial charge is 0.493 e. The lowest BCUT2D eigenvalue weighted by Crippen LogP contribution is -2.34. The van der Waals surface area contributed by atoms with Crippen molar-refractivity contribution in [3.63, 3.8) is 0 Å². The Bertz CT molecular complexity index is 1440. The average Bonchev–Trinajstić information content (AvgIpc) is 3.30. The molecule has 2 aliphatic rings. The summed E-state index contributed by atoms with van der Waals surface area (Å²) in [5.74, 6) is 0.624. The molecule has 2 unspecified atom stereocenters. The van der Waals surface area contributed by atoms with Gasteiger partial charge in [-0.3, -0.25) is 9.48 Å². The van der Waals surface area contributed by atoms with Gasteiger partial charge in [0.25, 0.3) is 5.91 Å². The van der Waals surface area contributed by atoms with Gasteiger partial charge >= 0.3 is 5.97 Å². The molecule has 1 aromatic heterocycles. The number of amides is 1. The molecule has 4 bridgehead atoms. The fourth-order valence-corrected chi connectivity index (χ4v) is 6.26. The molecule has 44 heavy (non-hydrogen) atoms. The van der Waals surface area contributed by atoms with Crippen LogP contribution in [0.3, 0.4) is 0 Å². The van der Waals surface area contributed by atoms with Crippen molar-refractivity contribution in [3.8, 4) is 17.2 Å². The van der Waals surface area contributed by atoms with Crippen LogP contribution in [-0.4, -0.2) is 105 Å². The van der Waals surface area contributed by atoms with Gasteiger partial charge in [0.1, 0.15) is 6.10 Å². The Labute approximate surface area is 263 Å². The molecule has 238 valence electrons. The van der Waals surface area contributed by atoms with Gasteiger partial charge in [0, 0.05) is 43.7 Å². The van der Waals surface area contributed by atoms with Crippen LogP contribution in [0.5, 0.6) is 17.2 Å². The van der Waals surface area contributed by atoms with E-state index in [9.17, 15) is 9.59 Å². The van der Waals surface area contributed by atoms with E-state index >= 15 is 0 Å². The summed E-state index contributed by atoms with van der Waals surface area (Å²) in [6.45, 7) is 6.90. The number of nitrogens with one attached hydrogen (secondary N) is 1. The lowest BCUT2D eigenvalue weighted by molar-refractivity contribution is 0.0227. The molecule has 1 fully saturated rings. The van der Waals surface area contributed by atoms with E-state index in [2.05, 4.69) is 20.2 Å². The molecule has 5 rings (SSSR count). The lowest BCUT2D eigenvalue weighted by Gasteiger charge is -2.25. The van der Waals surface area contributed by atoms with Gasteiger partial charge in [0.2, 0.25) is 5.75 Å². The van der Waals surface area contributed by atoms with Crippen molar-refractivity contribution in [1.29, 1.82) is 0 Å². The van der Waals surface area contributed by atoms with Crippen LogP contribution in [0.15, 0.2) is 30.5 Å². The first-order valence-electron chi connectivity index (χ1n) is 15.3. The maximum atomic E-state index is 13.5. The second-order valence-corrected chi connectivity index (χ2v) is 11.7. The van der Waals surface area contributed by atoms with E-state index in [0.717, 1.165) is 63.0 Å². The number of nitrogens with zero attached hydrogens (tertiary/aromatic N) is 4. The zero-order valence-electron chi connectivity index (χ0n) is 25.8. The third-order valence-electron chi connectivity index (χ3n) is 8.43. The molecule has 12 heteroatoms. The summed E-state index contributed by atoms with van der Waals surface area (Å²) >= 11 is 6.56. The first-order chi connectivity index (χ1) is 21.4. The van der Waals surface area contributed by atoms with E-state index in [4.69, 9.17) is 30.5 Å². The molecule has 0 saturated carbocycles. The standard InChI is InChI=1S/C32H42ClN5O6/c1-41-28-19-23(20-29(42-2)30(28)43-3)32(40)44-24-7-4-13-38-27-18-22(17-26(33)25(27)21-35-38)31(39)34-9-5-10-36-11-6-12-37(14-8-24)16-15-36/h17-21,24H,4-16H2,1-3H3,(H,34,39)/t24-/m1/s1. The number of ether oxygens (including phenoxy) is 4. The molecule has 2 aliphatic heterocycles. The monoisotopic (exact) mass is 627 g/mol. The predicted octanol–water partition coefficient (Wildman–Crippen LogP) is 4.25. The summed E-state index contributed by atoms with van der Waals surface area (Å²) in [4.78, 5) is 31.4. The summed E-state index contributed by atoms with van der Waals surface area (Å²) < 4.78 is 24.3. The number of rotatable bonds is 5. The van der Waals surface area contributed by atoms with E-state index < -0.39 is 5.97 Å². The molecule has 1 amide bonds. The summed E-state index contributed by atoms with van der Waals surface area (Å²) in [7, 11) is 4.56. The number of aryl methyl sites for hydroxylation is 1. The predicted molar refractivity (Wildman–Crippen MR) is 168 cm³/mol. The number of hydrogen-bond donors (Lipinski definition) is 1. The summed E-state index contributed by atoms with van der Waals surface area (Å²) in [5, 5.41) is 8.90. The van der Waals surface area contributed by atoms with Crippen molar-refractivity contribution >= 4 is 34.4 Å². The zero-order valence-corrected chi connectivity index (χ0v) is 26.5. The van der Waals surface area contributed by atoms with Crippen LogP contribution in [0.1, 0.15) is 52.8 Å². The Morgan fingerprint density at radius 2 is 1.57 bits per heavy atom. The maximum absolute atomic E-state index is 13.5. The molecular formula is C32H42ClN5O6. The van der Waals surface area contributed by atoms with Crippen LogP contribution in [0.25, 0.3) is 10.9 Å². The molecule has 1 N–H and O–H groups in total. The molecule has 0 spiro atoms. The van der Waals surface area contributed by atoms with Crippen molar-refractivity contribution in [1.82, 2.24) is 24.9 Å².